The van der Waals surface area contributed by atoms with Crippen molar-refractivity contribution in [3.05, 3.63) is 59.4 Å². The van der Waals surface area contributed by atoms with Gasteiger partial charge in [0.05, 0.1) is 4.90 Å². The number of ether oxygens (including phenoxy) is 1. The minimum Gasteiger partial charge on any atom is -0.480 e. The molecule has 1 atom stereocenters. The number of esters is 1. The lowest BCUT2D eigenvalue weighted by atomic mass is 9.82. The first-order chi connectivity index (χ1) is 16.6. The van der Waals surface area contributed by atoms with Gasteiger partial charge in [-0.1, -0.05) is 31.5 Å². The molecule has 1 unspecified atom stereocenters. The third-order valence-electron chi connectivity index (χ3n) is 6.13. The van der Waals surface area contributed by atoms with Crippen LogP contribution in [-0.4, -0.2) is 43.1 Å². The number of aliphatic carboxylic acids is 1. The molecule has 2 aromatic rings. The predicted molar refractivity (Wildman–Crippen MR) is 134 cm³/mol. The second kappa shape index (κ2) is 13.6. The fourth-order valence-electron chi connectivity index (χ4n) is 3.73. The van der Waals surface area contributed by atoms with Crippen LogP contribution in [0.4, 0.5) is 0 Å². The average Bonchev–Trinajstić information content (AvgIpc) is 2.84. The van der Waals surface area contributed by atoms with Crippen molar-refractivity contribution in [1.82, 2.24) is 9.71 Å². The van der Waals surface area contributed by atoms with Crippen molar-refractivity contribution in [3.8, 4) is 0 Å². The topological polar surface area (TPSA) is 123 Å². The third-order valence-corrected chi connectivity index (χ3v) is 7.86. The van der Waals surface area contributed by atoms with Gasteiger partial charge in [0, 0.05) is 24.0 Å². The van der Waals surface area contributed by atoms with Gasteiger partial charge in [-0.05, 0) is 80.8 Å². The van der Waals surface area contributed by atoms with Crippen LogP contribution in [0, 0.1) is 5.41 Å². The minimum absolute atomic E-state index is 0.134. The van der Waals surface area contributed by atoms with E-state index in [2.05, 4.69) is 9.71 Å². The summed E-state index contributed by atoms with van der Waals surface area (Å²) < 4.78 is 33.1. The van der Waals surface area contributed by atoms with Crippen LogP contribution in [0.3, 0.4) is 0 Å². The molecule has 0 amide bonds. The zero-order chi connectivity index (χ0) is 25.9. The van der Waals surface area contributed by atoms with Crippen LogP contribution in [0.2, 0.25) is 5.02 Å². The first kappa shape index (κ1) is 28.7. The van der Waals surface area contributed by atoms with Crippen molar-refractivity contribution in [2.45, 2.75) is 69.8 Å². The molecule has 0 radical (unpaired) electrons. The fraction of sp³-hybridized carbons (Fsp3) is 0.480. The lowest BCUT2D eigenvalue weighted by Gasteiger charge is -2.28. The van der Waals surface area contributed by atoms with E-state index in [9.17, 15) is 23.1 Å². The maximum Gasteiger partial charge on any atom is 0.323 e. The van der Waals surface area contributed by atoms with Gasteiger partial charge in [0.15, 0.2) is 5.41 Å². The van der Waals surface area contributed by atoms with Gasteiger partial charge in [0.1, 0.15) is 6.10 Å². The molecular weight excluding hydrogens is 492 g/mol. The number of carbonyl (C=O) groups excluding carboxylic acids is 1. The number of unbranched alkanes of at least 4 members (excludes halogenated alkanes) is 1. The van der Waals surface area contributed by atoms with Crippen LogP contribution >= 0.6 is 11.6 Å². The number of nitrogens with one attached hydrogen (secondary N) is 1. The molecule has 1 heterocycles. The van der Waals surface area contributed by atoms with Crippen LogP contribution < -0.4 is 4.72 Å². The molecule has 0 saturated carbocycles. The van der Waals surface area contributed by atoms with Crippen molar-refractivity contribution in [1.29, 1.82) is 0 Å². The number of aryl methyl sites for hydroxylation is 1. The largest absolute Gasteiger partial charge is 0.480 e. The summed E-state index contributed by atoms with van der Waals surface area (Å²) in [4.78, 5) is 28.9. The van der Waals surface area contributed by atoms with Gasteiger partial charge < -0.3 is 9.84 Å². The molecule has 0 spiro atoms. The Hall–Kier alpha value is -2.49. The number of rotatable bonds is 15. The Morgan fingerprint density at radius 2 is 1.80 bits per heavy atom. The zero-order valence-corrected chi connectivity index (χ0v) is 21.6. The quantitative estimate of drug-likeness (QED) is 0.198. The van der Waals surface area contributed by atoms with Crippen molar-refractivity contribution >= 4 is 33.6 Å². The Kier molecular flexibility index (Phi) is 11.1. The summed E-state index contributed by atoms with van der Waals surface area (Å²) >= 11 is 5.81. The normalized spacial score (nSPS) is 12.8. The maximum absolute atomic E-state index is 12.9. The Balaban J connectivity index is 1.96. The highest BCUT2D eigenvalue weighted by atomic mass is 35.5. The fourth-order valence-corrected chi connectivity index (χ4v) is 4.93. The molecule has 1 aromatic heterocycles. The molecule has 0 aliphatic heterocycles. The van der Waals surface area contributed by atoms with Crippen molar-refractivity contribution in [2.75, 3.05) is 6.54 Å². The van der Waals surface area contributed by atoms with Crippen LogP contribution in [-0.2, 0) is 30.8 Å². The molecular formula is C25H33ClN2O6S. The number of carboxylic acids is 1. The molecule has 0 bridgehead atoms. The highest BCUT2D eigenvalue weighted by molar-refractivity contribution is 7.89. The summed E-state index contributed by atoms with van der Waals surface area (Å²) in [7, 11) is -3.64. The molecule has 2 N–H and O–H groups in total. The van der Waals surface area contributed by atoms with Crippen LogP contribution in [0.1, 0.15) is 57.9 Å². The van der Waals surface area contributed by atoms with E-state index in [4.69, 9.17) is 16.3 Å². The second-order valence-corrected chi connectivity index (χ2v) is 10.6. The molecule has 0 aliphatic rings. The van der Waals surface area contributed by atoms with Gasteiger partial charge in [-0.3, -0.25) is 14.6 Å². The number of hydrogen-bond acceptors (Lipinski definition) is 6. The van der Waals surface area contributed by atoms with E-state index >= 15 is 0 Å². The SMILES string of the molecule is CCC(CC)(C(=O)O)C(=O)OC(CCCCNS(=O)(=O)c1ccc(Cl)cc1)CCc1cccnc1. The van der Waals surface area contributed by atoms with Gasteiger partial charge in [0.25, 0.3) is 0 Å². The van der Waals surface area contributed by atoms with E-state index in [1.807, 2.05) is 12.1 Å². The number of nitrogens with zero attached hydrogens (tertiary/aromatic N) is 1. The van der Waals surface area contributed by atoms with Gasteiger partial charge in [-0.2, -0.15) is 0 Å². The summed E-state index contributed by atoms with van der Waals surface area (Å²) in [5.41, 5.74) is -0.583. The van der Waals surface area contributed by atoms with E-state index < -0.39 is 33.5 Å². The minimum atomic E-state index is -3.64. The second-order valence-electron chi connectivity index (χ2n) is 8.37. The maximum atomic E-state index is 12.9. The van der Waals surface area contributed by atoms with Gasteiger partial charge in [0.2, 0.25) is 10.0 Å². The van der Waals surface area contributed by atoms with Crippen molar-refractivity contribution in [3.63, 3.8) is 0 Å². The molecule has 0 aliphatic carbocycles. The number of benzene rings is 1. The monoisotopic (exact) mass is 524 g/mol. The molecule has 0 fully saturated rings. The molecule has 192 valence electrons. The Labute approximate surface area is 212 Å². The molecule has 1 aromatic carbocycles. The Bertz CT molecular complexity index is 1060. The summed E-state index contributed by atoms with van der Waals surface area (Å²) in [6.07, 6.45) is 5.93. The van der Waals surface area contributed by atoms with E-state index in [-0.39, 0.29) is 24.3 Å². The van der Waals surface area contributed by atoms with Crippen molar-refractivity contribution in [2.24, 2.45) is 5.41 Å². The van der Waals surface area contributed by atoms with Gasteiger partial charge in [-0.25, -0.2) is 13.1 Å². The molecule has 2 rings (SSSR count). The highest BCUT2D eigenvalue weighted by Crippen LogP contribution is 2.30. The van der Waals surface area contributed by atoms with Crippen molar-refractivity contribution < 1.29 is 27.9 Å². The third kappa shape index (κ3) is 8.30. The number of hydrogen-bond donors (Lipinski definition) is 2. The Morgan fingerprint density at radius 1 is 1.11 bits per heavy atom. The van der Waals surface area contributed by atoms with Gasteiger partial charge in [-0.15, -0.1) is 0 Å². The van der Waals surface area contributed by atoms with Crippen LogP contribution in [0.5, 0.6) is 0 Å². The van der Waals surface area contributed by atoms with Gasteiger partial charge >= 0.3 is 11.9 Å². The lowest BCUT2D eigenvalue weighted by Crippen LogP contribution is -2.41. The first-order valence-electron chi connectivity index (χ1n) is 11.7. The highest BCUT2D eigenvalue weighted by Gasteiger charge is 2.45. The van der Waals surface area contributed by atoms with Crippen LogP contribution in [0.25, 0.3) is 0 Å². The summed E-state index contributed by atoms with van der Waals surface area (Å²) in [6, 6.07) is 9.66. The van der Waals surface area contributed by atoms with E-state index in [0.29, 0.717) is 37.1 Å². The predicted octanol–water partition coefficient (Wildman–Crippen LogP) is 4.62. The molecule has 10 heteroatoms. The van der Waals surface area contributed by atoms with E-state index in [1.165, 1.54) is 24.3 Å². The summed E-state index contributed by atoms with van der Waals surface area (Å²) in [5.74, 6) is -1.91. The number of carboxylic acid groups (broad SMARTS) is 1. The van der Waals surface area contributed by atoms with E-state index in [1.54, 1.807) is 26.2 Å². The zero-order valence-electron chi connectivity index (χ0n) is 20.1. The number of halogens is 1. The average molecular weight is 525 g/mol. The number of carbonyl (C=O) groups is 2. The summed E-state index contributed by atoms with van der Waals surface area (Å²) in [6.45, 7) is 3.55. The standard InChI is InChI=1S/C25H33ClN2O6S/c1-3-25(4-2,23(29)30)24(31)34-21(13-10-19-8-7-16-27-18-19)9-5-6-17-28-35(32,33)22-14-11-20(26)12-15-22/h7-8,11-12,14-16,18,21,28H,3-6,9-10,13,17H2,1-2H3,(H,29,30). The van der Waals surface area contributed by atoms with Crippen LogP contribution in [0.15, 0.2) is 53.7 Å². The number of aromatic nitrogens is 1. The smallest absolute Gasteiger partial charge is 0.323 e. The molecule has 35 heavy (non-hydrogen) atoms. The number of sulfonamides is 1. The lowest BCUT2D eigenvalue weighted by molar-refractivity contribution is -0.173. The van der Waals surface area contributed by atoms with E-state index in [0.717, 1.165) is 5.56 Å². The molecule has 0 saturated heterocycles. The summed E-state index contributed by atoms with van der Waals surface area (Å²) in [5, 5.41) is 10.1. The number of pyridine rings is 1. The first-order valence-corrected chi connectivity index (χ1v) is 13.6. The Morgan fingerprint density at radius 3 is 2.37 bits per heavy atom. The molecule has 8 nitrogen and oxygen atoms in total.